The molecule has 2 heterocycles. The van der Waals surface area contributed by atoms with E-state index >= 15 is 0 Å². The first kappa shape index (κ1) is 11.8. The summed E-state index contributed by atoms with van der Waals surface area (Å²) in [5.41, 5.74) is 0. The van der Waals surface area contributed by atoms with E-state index in [1.54, 1.807) is 17.4 Å². The van der Waals surface area contributed by atoms with Crippen molar-refractivity contribution < 1.29 is 0 Å². The summed E-state index contributed by atoms with van der Waals surface area (Å²) in [5.74, 6) is 1.31. The summed E-state index contributed by atoms with van der Waals surface area (Å²) in [5, 5.41) is 17.5. The average Bonchev–Trinajstić information content (AvgIpc) is 2.73. The van der Waals surface area contributed by atoms with E-state index in [4.69, 9.17) is 5.26 Å². The monoisotopic (exact) mass is 309 g/mol. The van der Waals surface area contributed by atoms with Gasteiger partial charge in [0.05, 0.1) is 11.1 Å². The number of nitrogens with zero attached hydrogens (tertiary/aromatic N) is 3. The molecular weight excluding hydrogens is 302 g/mol. The lowest BCUT2D eigenvalue weighted by atomic mass is 10.5. The van der Waals surface area contributed by atoms with Gasteiger partial charge in [-0.2, -0.15) is 5.26 Å². The van der Waals surface area contributed by atoms with Crippen LogP contribution in [0.4, 0.5) is 16.6 Å². The van der Waals surface area contributed by atoms with Gasteiger partial charge in [0.1, 0.15) is 24.5 Å². The molecule has 7 heteroatoms. The Morgan fingerprint density at radius 3 is 2.88 bits per heavy atom. The highest BCUT2D eigenvalue weighted by Gasteiger charge is 2.01. The summed E-state index contributed by atoms with van der Waals surface area (Å²) in [6, 6.07) is 5.71. The van der Waals surface area contributed by atoms with Crippen molar-refractivity contribution in [1.82, 2.24) is 9.97 Å². The average molecular weight is 310 g/mol. The van der Waals surface area contributed by atoms with Gasteiger partial charge < -0.3 is 10.6 Å². The Bertz CT molecular complexity index is 548. The van der Waals surface area contributed by atoms with Crippen LogP contribution >= 0.6 is 27.3 Å². The number of hydrogen-bond acceptors (Lipinski definition) is 6. The smallest absolute Gasteiger partial charge is 0.136 e. The van der Waals surface area contributed by atoms with E-state index in [1.165, 1.54) is 6.33 Å². The number of thiophene rings is 1. The van der Waals surface area contributed by atoms with Crippen molar-refractivity contribution in [3.8, 4) is 6.07 Å². The Hall–Kier alpha value is -1.65. The van der Waals surface area contributed by atoms with E-state index < -0.39 is 0 Å². The maximum atomic E-state index is 8.46. The first-order valence-corrected chi connectivity index (χ1v) is 6.39. The number of nitriles is 1. The fraction of sp³-hybridized carbons (Fsp3) is 0.100. The maximum absolute atomic E-state index is 8.46. The van der Waals surface area contributed by atoms with Crippen LogP contribution in [-0.2, 0) is 0 Å². The van der Waals surface area contributed by atoms with Gasteiger partial charge in [0.15, 0.2) is 0 Å². The largest absolute Gasteiger partial charge is 0.357 e. The molecule has 0 unspecified atom stereocenters. The van der Waals surface area contributed by atoms with Gasteiger partial charge in [0.2, 0.25) is 0 Å². The van der Waals surface area contributed by atoms with Crippen LogP contribution in [0.5, 0.6) is 0 Å². The second-order valence-electron chi connectivity index (χ2n) is 3.05. The van der Waals surface area contributed by atoms with Crippen molar-refractivity contribution in [2.75, 3.05) is 17.2 Å². The lowest BCUT2D eigenvalue weighted by molar-refractivity contribution is 1.14. The van der Waals surface area contributed by atoms with Gasteiger partial charge in [-0.25, -0.2) is 9.97 Å². The molecule has 0 saturated carbocycles. The van der Waals surface area contributed by atoms with Crippen molar-refractivity contribution in [3.63, 3.8) is 0 Å². The summed E-state index contributed by atoms with van der Waals surface area (Å²) in [6.45, 7) is 0.223. The second-order valence-corrected chi connectivity index (χ2v) is 4.88. The Morgan fingerprint density at radius 2 is 2.18 bits per heavy atom. The minimum atomic E-state index is 0.223. The molecule has 0 aromatic carbocycles. The van der Waals surface area contributed by atoms with E-state index in [0.29, 0.717) is 11.6 Å². The number of anilines is 3. The molecule has 2 aromatic rings. The zero-order valence-electron chi connectivity index (χ0n) is 8.64. The van der Waals surface area contributed by atoms with E-state index in [9.17, 15) is 0 Å². The fourth-order valence-corrected chi connectivity index (χ4v) is 2.48. The highest BCUT2D eigenvalue weighted by atomic mass is 79.9. The minimum Gasteiger partial charge on any atom is -0.357 e. The van der Waals surface area contributed by atoms with Gasteiger partial charge >= 0.3 is 0 Å². The van der Waals surface area contributed by atoms with Crippen molar-refractivity contribution in [1.29, 1.82) is 5.26 Å². The molecule has 2 N–H and O–H groups in total. The van der Waals surface area contributed by atoms with Crippen LogP contribution in [0.2, 0.25) is 0 Å². The molecular formula is C10H8BrN5S. The van der Waals surface area contributed by atoms with Gasteiger partial charge in [0.25, 0.3) is 0 Å². The van der Waals surface area contributed by atoms with Crippen molar-refractivity contribution in [2.24, 2.45) is 0 Å². The summed E-state index contributed by atoms with van der Waals surface area (Å²) < 4.78 is 1.03. The highest BCUT2D eigenvalue weighted by Crippen LogP contribution is 2.27. The van der Waals surface area contributed by atoms with Crippen molar-refractivity contribution in [3.05, 3.63) is 28.3 Å². The third kappa shape index (κ3) is 3.41. The lowest BCUT2D eigenvalue weighted by Crippen LogP contribution is -2.02. The predicted octanol–water partition coefficient (Wildman–Crippen LogP) is 2.98. The molecule has 0 saturated heterocycles. The van der Waals surface area contributed by atoms with Gasteiger partial charge in [0, 0.05) is 15.9 Å². The Kier molecular flexibility index (Phi) is 3.90. The van der Waals surface area contributed by atoms with E-state index in [0.717, 1.165) is 9.47 Å². The number of hydrogen-bond donors (Lipinski definition) is 2. The third-order valence-corrected chi connectivity index (χ3v) is 3.44. The molecule has 0 aliphatic heterocycles. The van der Waals surface area contributed by atoms with Gasteiger partial charge in [-0.15, -0.1) is 11.3 Å². The van der Waals surface area contributed by atoms with Crippen LogP contribution < -0.4 is 10.6 Å². The number of rotatable bonds is 4. The molecule has 0 radical (unpaired) electrons. The second kappa shape index (κ2) is 5.61. The topological polar surface area (TPSA) is 73.6 Å². The normalized spacial score (nSPS) is 9.65. The molecule has 0 atom stereocenters. The molecule has 17 heavy (non-hydrogen) atoms. The minimum absolute atomic E-state index is 0.223. The van der Waals surface area contributed by atoms with Gasteiger partial charge in [-0.05, 0) is 22.0 Å². The van der Waals surface area contributed by atoms with Crippen LogP contribution in [0.15, 0.2) is 28.3 Å². The van der Waals surface area contributed by atoms with Crippen LogP contribution in [0.1, 0.15) is 0 Å². The Balaban J connectivity index is 2.08. The molecule has 0 fully saturated rings. The van der Waals surface area contributed by atoms with Crippen molar-refractivity contribution in [2.45, 2.75) is 0 Å². The lowest BCUT2D eigenvalue weighted by Gasteiger charge is -2.04. The first-order chi connectivity index (χ1) is 8.28. The maximum Gasteiger partial charge on any atom is 0.136 e. The van der Waals surface area contributed by atoms with Crippen LogP contribution in [0.25, 0.3) is 0 Å². The predicted molar refractivity (Wildman–Crippen MR) is 71.4 cm³/mol. The molecule has 2 rings (SSSR count). The molecule has 2 aromatic heterocycles. The molecule has 86 valence electrons. The van der Waals surface area contributed by atoms with E-state index in [-0.39, 0.29) is 6.54 Å². The van der Waals surface area contributed by atoms with Gasteiger partial charge in [-0.1, -0.05) is 0 Å². The molecule has 0 spiro atoms. The molecule has 5 nitrogen and oxygen atoms in total. The molecule has 0 bridgehead atoms. The Labute approximate surface area is 111 Å². The molecule has 0 aliphatic rings. The van der Waals surface area contributed by atoms with E-state index in [2.05, 4.69) is 36.5 Å². The molecule has 0 amide bonds. The zero-order valence-corrected chi connectivity index (χ0v) is 11.0. The fourth-order valence-electron chi connectivity index (χ4n) is 1.16. The summed E-state index contributed by atoms with van der Waals surface area (Å²) in [4.78, 5) is 8.10. The molecule has 0 aliphatic carbocycles. The zero-order chi connectivity index (χ0) is 12.1. The first-order valence-electron chi connectivity index (χ1n) is 4.72. The summed E-state index contributed by atoms with van der Waals surface area (Å²) >= 11 is 4.96. The summed E-state index contributed by atoms with van der Waals surface area (Å²) in [6.07, 6.45) is 1.45. The standard InChI is InChI=1S/C10H8BrN5S/c11-7-3-10(17-5-7)16-9-4-8(13-2-1-12)14-6-15-9/h3-6H,2H2,(H2,13,14,15,16). The van der Waals surface area contributed by atoms with Crippen LogP contribution in [0.3, 0.4) is 0 Å². The Morgan fingerprint density at radius 1 is 1.35 bits per heavy atom. The van der Waals surface area contributed by atoms with Gasteiger partial charge in [-0.3, -0.25) is 0 Å². The SMILES string of the molecule is N#CCNc1cc(Nc2cc(Br)cs2)ncn1. The number of aromatic nitrogens is 2. The third-order valence-electron chi connectivity index (χ3n) is 1.83. The quantitative estimate of drug-likeness (QED) is 0.849. The summed E-state index contributed by atoms with van der Waals surface area (Å²) in [7, 11) is 0. The van der Waals surface area contributed by atoms with E-state index in [1.807, 2.05) is 17.5 Å². The highest BCUT2D eigenvalue weighted by molar-refractivity contribution is 9.10. The van der Waals surface area contributed by atoms with Crippen molar-refractivity contribution >= 4 is 43.9 Å². The number of halogens is 1. The number of nitrogens with one attached hydrogen (secondary N) is 2. The van der Waals surface area contributed by atoms with Crippen LogP contribution in [0, 0.1) is 11.3 Å². The van der Waals surface area contributed by atoms with Crippen LogP contribution in [-0.4, -0.2) is 16.5 Å².